The van der Waals surface area contributed by atoms with Gasteiger partial charge >= 0.3 is 0 Å². The highest BCUT2D eigenvalue weighted by Crippen LogP contribution is 2.41. The number of furan rings is 1. The van der Waals surface area contributed by atoms with Crippen LogP contribution in [0.1, 0.15) is 41.2 Å². The maximum absolute atomic E-state index is 13.5. The highest BCUT2D eigenvalue weighted by atomic mass is 35.5. The van der Waals surface area contributed by atoms with Gasteiger partial charge in [-0.1, -0.05) is 11.6 Å². The highest BCUT2D eigenvalue weighted by molar-refractivity contribution is 6.36. The molecule has 1 saturated carbocycles. The smallest absolute Gasteiger partial charge is 0.257 e. The zero-order valence-corrected chi connectivity index (χ0v) is 21.1. The number of benzene rings is 1. The Bertz CT molecular complexity index is 1690. The SMILES string of the molecule is COCc1c(C(O)C=O)cc2n(c1=O)Cc1c-2nc2cc(Cl)c3occc3c2c1CNC(=O)C(O)C1CC1. The van der Waals surface area contributed by atoms with Gasteiger partial charge in [0.25, 0.3) is 5.56 Å². The van der Waals surface area contributed by atoms with Gasteiger partial charge in [0.05, 0.1) is 41.3 Å². The van der Waals surface area contributed by atoms with Crippen LogP contribution in [0.3, 0.4) is 0 Å². The van der Waals surface area contributed by atoms with E-state index in [1.807, 2.05) is 0 Å². The number of carbonyl (C=O) groups is 2. The summed E-state index contributed by atoms with van der Waals surface area (Å²) in [6, 6.07) is 5.01. The molecule has 3 aromatic heterocycles. The van der Waals surface area contributed by atoms with Gasteiger partial charge in [-0.05, 0) is 42.5 Å². The maximum atomic E-state index is 13.5. The summed E-state index contributed by atoms with van der Waals surface area (Å²) in [4.78, 5) is 42.5. The first-order chi connectivity index (χ1) is 18.3. The fourth-order valence-electron chi connectivity index (χ4n) is 5.30. The molecule has 196 valence electrons. The molecule has 0 saturated heterocycles. The Balaban J connectivity index is 1.57. The van der Waals surface area contributed by atoms with Crippen molar-refractivity contribution < 1.29 is 29.0 Å². The molecule has 1 amide bonds. The maximum Gasteiger partial charge on any atom is 0.257 e. The first kappa shape index (κ1) is 24.7. The lowest BCUT2D eigenvalue weighted by Gasteiger charge is -2.16. The number of pyridine rings is 2. The normalized spacial score (nSPS) is 15.9. The number of rotatable bonds is 8. The summed E-state index contributed by atoms with van der Waals surface area (Å²) < 4.78 is 12.3. The van der Waals surface area contributed by atoms with Crippen molar-refractivity contribution in [2.75, 3.05) is 7.11 Å². The fraction of sp³-hybridized carbons (Fsp3) is 0.333. The minimum atomic E-state index is -1.51. The number of hydrogen-bond acceptors (Lipinski definition) is 8. The Labute approximate surface area is 220 Å². The zero-order chi connectivity index (χ0) is 26.7. The molecule has 0 radical (unpaired) electrons. The molecular formula is C27H24ClN3O7. The van der Waals surface area contributed by atoms with E-state index < -0.39 is 23.7 Å². The molecule has 4 heterocycles. The van der Waals surface area contributed by atoms with Crippen molar-refractivity contribution in [1.82, 2.24) is 14.9 Å². The number of aldehydes is 1. The lowest BCUT2D eigenvalue weighted by atomic mass is 9.97. The summed E-state index contributed by atoms with van der Waals surface area (Å²) in [5.74, 6) is -0.492. The number of aromatic nitrogens is 2. The van der Waals surface area contributed by atoms with Gasteiger partial charge in [0.1, 0.15) is 12.2 Å². The van der Waals surface area contributed by atoms with Gasteiger partial charge in [0.15, 0.2) is 11.9 Å². The Hall–Kier alpha value is -3.57. The molecule has 3 N–H and O–H groups in total. The fourth-order valence-corrected chi connectivity index (χ4v) is 5.55. The van der Waals surface area contributed by atoms with Crippen molar-refractivity contribution in [3.63, 3.8) is 0 Å². The molecule has 1 fully saturated rings. The lowest BCUT2D eigenvalue weighted by Crippen LogP contribution is -2.35. The molecule has 2 aliphatic rings. The van der Waals surface area contributed by atoms with Gasteiger partial charge in [-0.25, -0.2) is 4.98 Å². The number of nitrogens with one attached hydrogen (secondary N) is 1. The predicted molar refractivity (Wildman–Crippen MR) is 138 cm³/mol. The molecule has 0 spiro atoms. The third-order valence-corrected chi connectivity index (χ3v) is 7.64. The Morgan fingerprint density at radius 3 is 2.84 bits per heavy atom. The van der Waals surface area contributed by atoms with Crippen molar-refractivity contribution >= 4 is 45.7 Å². The van der Waals surface area contributed by atoms with Crippen molar-refractivity contribution in [2.24, 2.45) is 5.92 Å². The van der Waals surface area contributed by atoms with Crippen LogP contribution in [-0.2, 0) is 34.0 Å². The molecule has 11 heteroatoms. The zero-order valence-electron chi connectivity index (χ0n) is 20.4. The monoisotopic (exact) mass is 537 g/mol. The van der Waals surface area contributed by atoms with E-state index in [1.54, 1.807) is 18.2 Å². The average Bonchev–Trinajstić information content (AvgIpc) is 3.52. The van der Waals surface area contributed by atoms with E-state index in [4.69, 9.17) is 25.7 Å². The number of carbonyl (C=O) groups excluding carboxylic acids is 2. The van der Waals surface area contributed by atoms with Crippen LogP contribution in [0.5, 0.6) is 0 Å². The molecule has 1 aliphatic heterocycles. The second-order valence-corrected chi connectivity index (χ2v) is 10.1. The molecule has 4 aromatic rings. The Morgan fingerprint density at radius 2 is 2.13 bits per heavy atom. The van der Waals surface area contributed by atoms with Gasteiger partial charge in [0, 0.05) is 41.1 Å². The number of nitrogens with zero attached hydrogens (tertiary/aromatic N) is 2. The number of amides is 1. The average molecular weight is 538 g/mol. The summed E-state index contributed by atoms with van der Waals surface area (Å²) in [7, 11) is 1.42. The summed E-state index contributed by atoms with van der Waals surface area (Å²) in [5.41, 5.74) is 3.22. The first-order valence-electron chi connectivity index (χ1n) is 12.2. The van der Waals surface area contributed by atoms with Crippen LogP contribution in [0.4, 0.5) is 0 Å². The number of halogens is 1. The Morgan fingerprint density at radius 1 is 1.34 bits per heavy atom. The van der Waals surface area contributed by atoms with E-state index in [0.29, 0.717) is 55.7 Å². The minimum Gasteiger partial charge on any atom is -0.463 e. The van der Waals surface area contributed by atoms with Crippen LogP contribution in [0.25, 0.3) is 33.3 Å². The third kappa shape index (κ3) is 3.83. The highest BCUT2D eigenvalue weighted by Gasteiger charge is 2.35. The number of methoxy groups -OCH3 is 1. The van der Waals surface area contributed by atoms with Crippen molar-refractivity contribution in [2.45, 2.75) is 44.7 Å². The molecule has 1 aliphatic carbocycles. The number of hydrogen-bond donors (Lipinski definition) is 3. The molecule has 2 atom stereocenters. The third-order valence-electron chi connectivity index (χ3n) is 7.36. The quantitative estimate of drug-likeness (QED) is 0.256. The molecule has 1 aromatic carbocycles. The van der Waals surface area contributed by atoms with Gasteiger partial charge in [0.2, 0.25) is 5.91 Å². The largest absolute Gasteiger partial charge is 0.463 e. The van der Waals surface area contributed by atoms with Gasteiger partial charge in [-0.2, -0.15) is 0 Å². The van der Waals surface area contributed by atoms with E-state index in [1.165, 1.54) is 17.9 Å². The first-order valence-corrected chi connectivity index (χ1v) is 12.6. The number of aliphatic hydroxyl groups is 2. The summed E-state index contributed by atoms with van der Waals surface area (Å²) in [6.07, 6.45) is 0.914. The van der Waals surface area contributed by atoms with Crippen molar-refractivity contribution in [1.29, 1.82) is 0 Å². The predicted octanol–water partition coefficient (Wildman–Crippen LogP) is 2.59. The number of aliphatic hydroxyl groups excluding tert-OH is 2. The van der Waals surface area contributed by atoms with Crippen molar-refractivity contribution in [3.05, 3.63) is 62.1 Å². The van der Waals surface area contributed by atoms with E-state index in [9.17, 15) is 24.6 Å². The second kappa shape index (κ2) is 9.32. The molecule has 2 unspecified atom stereocenters. The number of ether oxygens (including phenoxy) is 1. The van der Waals surface area contributed by atoms with Gasteiger partial charge in [-0.3, -0.25) is 9.59 Å². The van der Waals surface area contributed by atoms with Crippen LogP contribution in [0.15, 0.2) is 33.7 Å². The van der Waals surface area contributed by atoms with Crippen molar-refractivity contribution in [3.8, 4) is 11.4 Å². The minimum absolute atomic E-state index is 0.0287. The summed E-state index contributed by atoms with van der Waals surface area (Å²) in [6.45, 7) is 0.140. The molecule has 6 rings (SSSR count). The van der Waals surface area contributed by atoms with Crippen LogP contribution in [0, 0.1) is 5.92 Å². The van der Waals surface area contributed by atoms with E-state index in [0.717, 1.165) is 12.8 Å². The summed E-state index contributed by atoms with van der Waals surface area (Å²) >= 11 is 6.48. The Kier molecular flexibility index (Phi) is 6.07. The molecular weight excluding hydrogens is 514 g/mol. The van der Waals surface area contributed by atoms with E-state index >= 15 is 0 Å². The second-order valence-electron chi connectivity index (χ2n) is 9.70. The standard InChI is InChI=1S/C27H24ClN3O7/c1-37-11-17-14(21(33)10-32)6-20-23-16(9-31(20)27(17)36)15(8-29-26(35)24(34)12-2-3-12)22-13-4-5-38-25(13)18(28)7-19(22)30-23/h4-7,10,12,21,24,33-34H,2-3,8-9,11H2,1H3,(H,29,35). The van der Waals surface area contributed by atoms with Crippen LogP contribution < -0.4 is 10.9 Å². The van der Waals surface area contributed by atoms with Crippen LogP contribution in [0.2, 0.25) is 5.02 Å². The van der Waals surface area contributed by atoms with Crippen LogP contribution >= 0.6 is 11.6 Å². The topological polar surface area (TPSA) is 144 Å². The van der Waals surface area contributed by atoms with E-state index in [2.05, 4.69) is 5.32 Å². The van der Waals surface area contributed by atoms with Gasteiger partial charge < -0.3 is 34.0 Å². The van der Waals surface area contributed by atoms with E-state index in [-0.39, 0.29) is 36.7 Å². The molecule has 38 heavy (non-hydrogen) atoms. The molecule has 10 nitrogen and oxygen atoms in total. The van der Waals surface area contributed by atoms with Crippen LogP contribution in [-0.4, -0.2) is 45.2 Å². The number of fused-ring (bicyclic) bond motifs is 6. The summed E-state index contributed by atoms with van der Waals surface area (Å²) in [5, 5.41) is 25.3. The van der Waals surface area contributed by atoms with Gasteiger partial charge in [-0.15, -0.1) is 0 Å². The lowest BCUT2D eigenvalue weighted by molar-refractivity contribution is -0.130. The molecule has 0 bridgehead atoms.